The minimum atomic E-state index is 1.17. The minimum absolute atomic E-state index is 1.17. The van der Waals surface area contributed by atoms with Gasteiger partial charge in [-0.1, -0.05) is 19.4 Å². The Morgan fingerprint density at radius 2 is 1.67 bits per heavy atom. The summed E-state index contributed by atoms with van der Waals surface area (Å²) in [5, 5.41) is 3.15. The molecule has 0 aromatic heterocycles. The molecule has 9 heavy (non-hydrogen) atoms. The predicted molar refractivity (Wildman–Crippen MR) is 42.3 cm³/mol. The van der Waals surface area contributed by atoms with Gasteiger partial charge in [-0.2, -0.15) is 0 Å². The molecule has 0 rings (SSSR count). The van der Waals surface area contributed by atoms with E-state index in [1.807, 2.05) is 7.05 Å². The second-order valence-corrected chi connectivity index (χ2v) is 2.19. The van der Waals surface area contributed by atoms with Crippen LogP contribution < -0.4 is 5.32 Å². The zero-order valence-electron chi connectivity index (χ0n) is 6.91. The van der Waals surface area contributed by atoms with Gasteiger partial charge in [0.15, 0.2) is 0 Å². The third-order valence-corrected chi connectivity index (χ3v) is 1.76. The summed E-state index contributed by atoms with van der Waals surface area (Å²) >= 11 is 0. The molecule has 0 aliphatic carbocycles. The summed E-state index contributed by atoms with van der Waals surface area (Å²) in [6.45, 7) is 6.52. The molecule has 0 saturated heterocycles. The number of rotatable bonds is 3. The van der Waals surface area contributed by atoms with Crippen LogP contribution in [-0.2, 0) is 0 Å². The molecule has 0 unspecified atom stereocenters. The molecule has 0 aliphatic rings. The molecular formula is C8H17N. The summed E-state index contributed by atoms with van der Waals surface area (Å²) in [6, 6.07) is 0. The average Bonchev–Trinajstić information content (AvgIpc) is 1.90. The van der Waals surface area contributed by atoms with Gasteiger partial charge in [-0.25, -0.2) is 0 Å². The first-order chi connectivity index (χ1) is 4.26. The van der Waals surface area contributed by atoms with Crippen molar-refractivity contribution in [1.29, 1.82) is 0 Å². The second-order valence-electron chi connectivity index (χ2n) is 2.19. The smallest absolute Gasteiger partial charge is 0.00641 e. The van der Waals surface area contributed by atoms with E-state index in [1.54, 1.807) is 0 Å². The summed E-state index contributed by atoms with van der Waals surface area (Å²) in [6.07, 6.45) is 2.34. The summed E-state index contributed by atoms with van der Waals surface area (Å²) in [5.74, 6) is 0. The summed E-state index contributed by atoms with van der Waals surface area (Å²) in [4.78, 5) is 0. The van der Waals surface area contributed by atoms with Crippen molar-refractivity contribution in [2.75, 3.05) is 7.05 Å². The quantitative estimate of drug-likeness (QED) is 0.613. The Morgan fingerprint density at radius 1 is 1.22 bits per heavy atom. The van der Waals surface area contributed by atoms with Crippen LogP contribution in [-0.4, -0.2) is 7.05 Å². The van der Waals surface area contributed by atoms with E-state index in [4.69, 9.17) is 0 Å². The fourth-order valence-electron chi connectivity index (χ4n) is 0.957. The highest BCUT2D eigenvalue weighted by molar-refractivity contribution is 5.08. The first-order valence-corrected chi connectivity index (χ1v) is 3.62. The van der Waals surface area contributed by atoms with Gasteiger partial charge in [0, 0.05) is 12.7 Å². The van der Waals surface area contributed by atoms with Crippen molar-refractivity contribution in [3.05, 3.63) is 11.3 Å². The summed E-state index contributed by atoms with van der Waals surface area (Å²) in [7, 11) is 1.97. The lowest BCUT2D eigenvalue weighted by molar-refractivity contribution is 0.871. The van der Waals surface area contributed by atoms with Gasteiger partial charge in [-0.15, -0.1) is 0 Å². The van der Waals surface area contributed by atoms with E-state index < -0.39 is 0 Å². The maximum Gasteiger partial charge on any atom is 0.00641 e. The largest absolute Gasteiger partial charge is 0.392 e. The van der Waals surface area contributed by atoms with E-state index in [2.05, 4.69) is 26.1 Å². The van der Waals surface area contributed by atoms with Crippen LogP contribution in [0.25, 0.3) is 0 Å². The number of hydrogen-bond donors (Lipinski definition) is 1. The van der Waals surface area contributed by atoms with Gasteiger partial charge < -0.3 is 5.32 Å². The molecule has 1 N–H and O–H groups in total. The third kappa shape index (κ3) is 2.54. The minimum Gasteiger partial charge on any atom is -0.392 e. The van der Waals surface area contributed by atoms with E-state index in [9.17, 15) is 0 Å². The Morgan fingerprint density at radius 3 is 1.78 bits per heavy atom. The maximum absolute atomic E-state index is 3.15. The van der Waals surface area contributed by atoms with Crippen molar-refractivity contribution in [2.45, 2.75) is 33.6 Å². The molecule has 0 saturated carbocycles. The van der Waals surface area contributed by atoms with Gasteiger partial charge in [0.25, 0.3) is 0 Å². The molecule has 0 bridgehead atoms. The lowest BCUT2D eigenvalue weighted by atomic mass is 10.1. The van der Waals surface area contributed by atoms with Crippen molar-refractivity contribution in [2.24, 2.45) is 0 Å². The summed E-state index contributed by atoms with van der Waals surface area (Å²) in [5.41, 5.74) is 2.86. The number of hydrogen-bond acceptors (Lipinski definition) is 1. The first kappa shape index (κ1) is 8.54. The first-order valence-electron chi connectivity index (χ1n) is 3.62. The predicted octanol–water partition coefficient (Wildman–Crippen LogP) is 2.30. The highest BCUT2D eigenvalue weighted by Gasteiger charge is 1.93. The Hall–Kier alpha value is -0.460. The van der Waals surface area contributed by atoms with Crippen LogP contribution in [0.2, 0.25) is 0 Å². The molecule has 0 spiro atoms. The normalized spacial score (nSPS) is 8.89. The van der Waals surface area contributed by atoms with Gasteiger partial charge in [0.1, 0.15) is 0 Å². The van der Waals surface area contributed by atoms with Crippen LogP contribution in [0, 0.1) is 0 Å². The SMILES string of the molecule is CCC(CC)=C(C)NC. The van der Waals surface area contributed by atoms with E-state index in [0.29, 0.717) is 0 Å². The Balaban J connectivity index is 4.01. The van der Waals surface area contributed by atoms with Crippen molar-refractivity contribution < 1.29 is 0 Å². The molecule has 1 nitrogen and oxygen atoms in total. The lowest BCUT2D eigenvalue weighted by Crippen LogP contribution is -2.04. The van der Waals surface area contributed by atoms with E-state index in [-0.39, 0.29) is 0 Å². The van der Waals surface area contributed by atoms with Crippen LogP contribution >= 0.6 is 0 Å². The molecule has 1 heteroatoms. The number of allylic oxidation sites excluding steroid dienone is 2. The van der Waals surface area contributed by atoms with Crippen molar-refractivity contribution in [3.8, 4) is 0 Å². The van der Waals surface area contributed by atoms with Crippen molar-refractivity contribution in [3.63, 3.8) is 0 Å². The molecule has 0 aliphatic heterocycles. The second kappa shape index (κ2) is 4.42. The average molecular weight is 127 g/mol. The Bertz CT molecular complexity index is 97.1. The van der Waals surface area contributed by atoms with Crippen molar-refractivity contribution >= 4 is 0 Å². The topological polar surface area (TPSA) is 12.0 Å². The zero-order chi connectivity index (χ0) is 7.28. The van der Waals surface area contributed by atoms with Gasteiger partial charge in [-0.3, -0.25) is 0 Å². The van der Waals surface area contributed by atoms with Crippen LogP contribution in [0.1, 0.15) is 33.6 Å². The van der Waals surface area contributed by atoms with Crippen LogP contribution in [0.15, 0.2) is 11.3 Å². The van der Waals surface area contributed by atoms with Gasteiger partial charge in [0.2, 0.25) is 0 Å². The highest BCUT2D eigenvalue weighted by atomic mass is 14.8. The molecular weight excluding hydrogens is 110 g/mol. The molecule has 0 fully saturated rings. The monoisotopic (exact) mass is 127 g/mol. The van der Waals surface area contributed by atoms with Crippen LogP contribution in [0.5, 0.6) is 0 Å². The van der Waals surface area contributed by atoms with Gasteiger partial charge in [0.05, 0.1) is 0 Å². The maximum atomic E-state index is 3.15. The standard InChI is InChI=1S/C8H17N/c1-5-8(6-2)7(3)9-4/h9H,5-6H2,1-4H3. The Labute approximate surface area is 58.2 Å². The molecule has 0 heterocycles. The van der Waals surface area contributed by atoms with Crippen LogP contribution in [0.4, 0.5) is 0 Å². The van der Waals surface area contributed by atoms with Gasteiger partial charge in [-0.05, 0) is 19.8 Å². The lowest BCUT2D eigenvalue weighted by Gasteiger charge is -2.06. The molecule has 0 radical (unpaired) electrons. The van der Waals surface area contributed by atoms with Crippen molar-refractivity contribution in [1.82, 2.24) is 5.32 Å². The third-order valence-electron chi connectivity index (χ3n) is 1.76. The Kier molecular flexibility index (Phi) is 4.20. The molecule has 0 aromatic carbocycles. The number of nitrogens with one attached hydrogen (secondary N) is 1. The van der Waals surface area contributed by atoms with E-state index in [1.165, 1.54) is 24.1 Å². The molecule has 0 aromatic rings. The van der Waals surface area contributed by atoms with E-state index in [0.717, 1.165) is 0 Å². The van der Waals surface area contributed by atoms with E-state index >= 15 is 0 Å². The summed E-state index contributed by atoms with van der Waals surface area (Å²) < 4.78 is 0. The van der Waals surface area contributed by atoms with Crippen LogP contribution in [0.3, 0.4) is 0 Å². The molecule has 0 amide bonds. The van der Waals surface area contributed by atoms with Gasteiger partial charge >= 0.3 is 0 Å². The fraction of sp³-hybridized carbons (Fsp3) is 0.750. The molecule has 0 atom stereocenters. The fourth-order valence-corrected chi connectivity index (χ4v) is 0.957. The highest BCUT2D eigenvalue weighted by Crippen LogP contribution is 2.08. The zero-order valence-corrected chi connectivity index (χ0v) is 6.91. The molecule has 54 valence electrons.